The van der Waals surface area contributed by atoms with E-state index >= 15 is 0 Å². The largest absolute Gasteiger partial charge is 0.313 e. The summed E-state index contributed by atoms with van der Waals surface area (Å²) in [5, 5.41) is 3.37. The lowest BCUT2D eigenvalue weighted by molar-refractivity contribution is 0.582. The van der Waals surface area contributed by atoms with Gasteiger partial charge < -0.3 is 5.32 Å². The van der Waals surface area contributed by atoms with E-state index in [4.69, 9.17) is 0 Å². The molecule has 1 heteroatoms. The van der Waals surface area contributed by atoms with Crippen molar-refractivity contribution in [3.05, 3.63) is 35.4 Å². The lowest BCUT2D eigenvalue weighted by atomic mass is 9.98. The van der Waals surface area contributed by atoms with Gasteiger partial charge in [-0.2, -0.15) is 0 Å². The zero-order valence-corrected chi connectivity index (χ0v) is 10.1. The number of hydrogen-bond acceptors (Lipinski definition) is 1. The van der Waals surface area contributed by atoms with Gasteiger partial charge in [0, 0.05) is 6.54 Å². The van der Waals surface area contributed by atoms with Gasteiger partial charge in [0.15, 0.2) is 0 Å². The third-order valence-electron chi connectivity index (χ3n) is 2.58. The fourth-order valence-corrected chi connectivity index (χ4v) is 1.60. The van der Waals surface area contributed by atoms with Gasteiger partial charge in [0.1, 0.15) is 0 Å². The first-order chi connectivity index (χ1) is 7.24. The molecule has 0 amide bonds. The minimum Gasteiger partial charge on any atom is -0.313 e. The summed E-state index contributed by atoms with van der Waals surface area (Å²) >= 11 is 0. The van der Waals surface area contributed by atoms with Gasteiger partial charge in [0.2, 0.25) is 0 Å². The van der Waals surface area contributed by atoms with Crippen LogP contribution in [0.5, 0.6) is 0 Å². The third-order valence-corrected chi connectivity index (χ3v) is 2.58. The van der Waals surface area contributed by atoms with Crippen molar-refractivity contribution in [2.75, 3.05) is 6.54 Å². The summed E-state index contributed by atoms with van der Waals surface area (Å²) in [4.78, 5) is 0. The standard InChI is InChI=1S/C14H22N/c1-4-15-11-14-8-6-5-7-13(14)10-9-12(2)3/h5-6,8,12,15H,4,9-11H2,1-3H3. The molecule has 1 radical (unpaired) electrons. The van der Waals surface area contributed by atoms with E-state index in [-0.39, 0.29) is 0 Å². The predicted octanol–water partition coefficient (Wildman–Crippen LogP) is 3.18. The lowest BCUT2D eigenvalue weighted by Crippen LogP contribution is -2.13. The molecule has 0 aliphatic carbocycles. The molecule has 0 spiro atoms. The van der Waals surface area contributed by atoms with Crippen molar-refractivity contribution in [2.24, 2.45) is 5.92 Å². The molecular weight excluding hydrogens is 182 g/mol. The van der Waals surface area contributed by atoms with Gasteiger partial charge in [-0.05, 0) is 42.5 Å². The molecule has 1 rings (SSSR count). The molecule has 0 saturated heterocycles. The molecule has 0 aliphatic rings. The smallest absolute Gasteiger partial charge is 0.0208 e. The van der Waals surface area contributed by atoms with Crippen LogP contribution in [0.25, 0.3) is 0 Å². The molecule has 0 bridgehead atoms. The van der Waals surface area contributed by atoms with Gasteiger partial charge in [-0.3, -0.25) is 0 Å². The molecule has 83 valence electrons. The molecule has 1 aromatic carbocycles. The van der Waals surface area contributed by atoms with E-state index < -0.39 is 0 Å². The zero-order chi connectivity index (χ0) is 11.1. The Labute approximate surface area is 93.9 Å². The first-order valence-electron chi connectivity index (χ1n) is 5.93. The minimum atomic E-state index is 0.769. The van der Waals surface area contributed by atoms with Crippen molar-refractivity contribution < 1.29 is 0 Å². The number of rotatable bonds is 6. The molecule has 1 N–H and O–H groups in total. The summed E-state index contributed by atoms with van der Waals surface area (Å²) in [6.07, 6.45) is 2.40. The van der Waals surface area contributed by atoms with Gasteiger partial charge in [0.05, 0.1) is 0 Å². The highest BCUT2D eigenvalue weighted by atomic mass is 14.8. The SMILES string of the molecule is CCNCc1ccc[c]c1CCC(C)C. The Morgan fingerprint density at radius 1 is 1.40 bits per heavy atom. The lowest BCUT2D eigenvalue weighted by Gasteiger charge is -2.10. The summed E-state index contributed by atoms with van der Waals surface area (Å²) in [6, 6.07) is 9.66. The maximum absolute atomic E-state index is 3.37. The van der Waals surface area contributed by atoms with Crippen molar-refractivity contribution in [2.45, 2.75) is 40.2 Å². The molecule has 0 fully saturated rings. The molecule has 0 aromatic heterocycles. The molecule has 1 nitrogen and oxygen atoms in total. The Morgan fingerprint density at radius 3 is 2.87 bits per heavy atom. The van der Waals surface area contributed by atoms with Crippen LogP contribution in [0.1, 0.15) is 38.3 Å². The summed E-state index contributed by atoms with van der Waals surface area (Å²) in [7, 11) is 0. The van der Waals surface area contributed by atoms with Gasteiger partial charge in [-0.1, -0.05) is 39.0 Å². The summed E-state index contributed by atoms with van der Waals surface area (Å²) in [5.74, 6) is 0.769. The highest BCUT2D eigenvalue weighted by Crippen LogP contribution is 2.13. The maximum Gasteiger partial charge on any atom is 0.0208 e. The fourth-order valence-electron chi connectivity index (χ4n) is 1.60. The van der Waals surface area contributed by atoms with Crippen LogP contribution < -0.4 is 5.32 Å². The Hall–Kier alpha value is -0.820. The second kappa shape index (κ2) is 6.62. The second-order valence-electron chi connectivity index (χ2n) is 4.39. The van der Waals surface area contributed by atoms with E-state index in [2.05, 4.69) is 44.3 Å². The summed E-state index contributed by atoms with van der Waals surface area (Å²) < 4.78 is 0. The van der Waals surface area contributed by atoms with Gasteiger partial charge in [0.25, 0.3) is 0 Å². The average Bonchev–Trinajstić information content (AvgIpc) is 2.24. The highest BCUT2D eigenvalue weighted by Gasteiger charge is 2.02. The number of benzene rings is 1. The van der Waals surface area contributed by atoms with E-state index in [1.807, 2.05) is 6.07 Å². The van der Waals surface area contributed by atoms with E-state index in [9.17, 15) is 0 Å². The van der Waals surface area contributed by atoms with Crippen LogP contribution in [0, 0.1) is 12.0 Å². The van der Waals surface area contributed by atoms with E-state index in [0.717, 1.165) is 25.4 Å². The monoisotopic (exact) mass is 204 g/mol. The molecule has 0 heterocycles. The quantitative estimate of drug-likeness (QED) is 0.750. The molecule has 0 atom stereocenters. The average molecular weight is 204 g/mol. The predicted molar refractivity (Wildman–Crippen MR) is 65.8 cm³/mol. The topological polar surface area (TPSA) is 12.0 Å². The van der Waals surface area contributed by atoms with Gasteiger partial charge >= 0.3 is 0 Å². The molecule has 15 heavy (non-hydrogen) atoms. The highest BCUT2D eigenvalue weighted by molar-refractivity contribution is 5.26. The normalized spacial score (nSPS) is 10.9. The van der Waals surface area contributed by atoms with E-state index in [1.54, 1.807) is 0 Å². The Kier molecular flexibility index (Phi) is 5.41. The van der Waals surface area contributed by atoms with Crippen molar-refractivity contribution in [1.29, 1.82) is 0 Å². The zero-order valence-electron chi connectivity index (χ0n) is 10.1. The third kappa shape index (κ3) is 4.48. The van der Waals surface area contributed by atoms with Crippen LogP contribution >= 0.6 is 0 Å². The fraction of sp³-hybridized carbons (Fsp3) is 0.571. The van der Waals surface area contributed by atoms with Crippen molar-refractivity contribution in [3.8, 4) is 0 Å². The summed E-state index contributed by atoms with van der Waals surface area (Å²) in [5.41, 5.74) is 2.78. The van der Waals surface area contributed by atoms with Crippen LogP contribution in [-0.2, 0) is 13.0 Å². The number of aryl methyl sites for hydroxylation is 1. The molecule has 0 unspecified atom stereocenters. The van der Waals surface area contributed by atoms with Gasteiger partial charge in [-0.15, -0.1) is 0 Å². The first kappa shape index (κ1) is 12.3. The minimum absolute atomic E-state index is 0.769. The van der Waals surface area contributed by atoms with Crippen LogP contribution in [0.15, 0.2) is 18.2 Å². The van der Waals surface area contributed by atoms with Crippen LogP contribution in [-0.4, -0.2) is 6.54 Å². The Bertz CT molecular complexity index is 278. The van der Waals surface area contributed by atoms with Crippen LogP contribution in [0.2, 0.25) is 0 Å². The first-order valence-corrected chi connectivity index (χ1v) is 5.93. The summed E-state index contributed by atoms with van der Waals surface area (Å²) in [6.45, 7) is 8.68. The molecule has 0 saturated carbocycles. The molecule has 1 aromatic rings. The van der Waals surface area contributed by atoms with E-state index in [1.165, 1.54) is 17.5 Å². The Morgan fingerprint density at radius 2 is 2.20 bits per heavy atom. The van der Waals surface area contributed by atoms with Gasteiger partial charge in [-0.25, -0.2) is 0 Å². The van der Waals surface area contributed by atoms with Crippen molar-refractivity contribution >= 4 is 0 Å². The van der Waals surface area contributed by atoms with Crippen molar-refractivity contribution in [3.63, 3.8) is 0 Å². The second-order valence-corrected chi connectivity index (χ2v) is 4.39. The number of nitrogens with one attached hydrogen (secondary N) is 1. The number of hydrogen-bond donors (Lipinski definition) is 1. The van der Waals surface area contributed by atoms with E-state index in [0.29, 0.717) is 0 Å². The van der Waals surface area contributed by atoms with Crippen LogP contribution in [0.4, 0.5) is 0 Å². The van der Waals surface area contributed by atoms with Crippen molar-refractivity contribution in [1.82, 2.24) is 5.32 Å². The molecule has 0 aliphatic heterocycles. The Balaban J connectivity index is 2.59. The molecular formula is C14H22N. The van der Waals surface area contributed by atoms with Crippen LogP contribution in [0.3, 0.4) is 0 Å². The maximum atomic E-state index is 3.37.